The second kappa shape index (κ2) is 4.96. The maximum Gasteiger partial charge on any atom is 0.0395 e. The minimum Gasteiger partial charge on any atom is -0.399 e. The largest absolute Gasteiger partial charge is 0.399 e. The molecule has 0 aliphatic carbocycles. The van der Waals surface area contributed by atoms with E-state index in [0.29, 0.717) is 6.04 Å². The Hall–Kier alpha value is -1.22. The molecule has 2 rings (SSSR count). The highest BCUT2D eigenvalue weighted by Gasteiger charge is 2.22. The van der Waals surface area contributed by atoms with Crippen LogP contribution in [0.1, 0.15) is 18.4 Å². The van der Waals surface area contributed by atoms with Crippen molar-refractivity contribution >= 4 is 11.4 Å². The van der Waals surface area contributed by atoms with Gasteiger partial charge in [-0.05, 0) is 57.1 Å². The molecule has 0 bridgehead atoms. The van der Waals surface area contributed by atoms with Gasteiger partial charge in [0, 0.05) is 31.0 Å². The molecule has 2 N–H and O–H groups in total. The number of hydrogen-bond acceptors (Lipinski definition) is 3. The smallest absolute Gasteiger partial charge is 0.0395 e. The molecule has 3 heteroatoms. The second-order valence-corrected chi connectivity index (χ2v) is 5.20. The molecule has 1 fully saturated rings. The van der Waals surface area contributed by atoms with Gasteiger partial charge in [0.25, 0.3) is 0 Å². The van der Waals surface area contributed by atoms with Gasteiger partial charge in [0.2, 0.25) is 0 Å². The molecule has 1 saturated heterocycles. The minimum atomic E-state index is 0.692. The zero-order valence-corrected chi connectivity index (χ0v) is 11.1. The van der Waals surface area contributed by atoms with Crippen molar-refractivity contribution < 1.29 is 0 Å². The van der Waals surface area contributed by atoms with Gasteiger partial charge in [-0.2, -0.15) is 0 Å². The lowest BCUT2D eigenvalue weighted by Gasteiger charge is -2.28. The quantitative estimate of drug-likeness (QED) is 0.812. The molecular formula is C14H23N3. The third kappa shape index (κ3) is 2.72. The van der Waals surface area contributed by atoms with Gasteiger partial charge in [0.1, 0.15) is 0 Å². The number of rotatable bonds is 3. The van der Waals surface area contributed by atoms with E-state index in [1.54, 1.807) is 0 Å². The van der Waals surface area contributed by atoms with E-state index in [4.69, 9.17) is 5.73 Å². The van der Waals surface area contributed by atoms with Crippen LogP contribution < -0.4 is 10.6 Å². The van der Waals surface area contributed by atoms with Crippen LogP contribution in [0.5, 0.6) is 0 Å². The van der Waals surface area contributed by atoms with Crippen molar-refractivity contribution in [2.45, 2.75) is 25.8 Å². The van der Waals surface area contributed by atoms with Crippen LogP contribution in [0.3, 0.4) is 0 Å². The van der Waals surface area contributed by atoms with E-state index in [2.05, 4.69) is 36.9 Å². The van der Waals surface area contributed by atoms with Crippen molar-refractivity contribution in [2.24, 2.45) is 0 Å². The second-order valence-electron chi connectivity index (χ2n) is 5.20. The van der Waals surface area contributed by atoms with Crippen LogP contribution in [0.15, 0.2) is 18.2 Å². The molecule has 0 amide bonds. The summed E-state index contributed by atoms with van der Waals surface area (Å²) in [5.74, 6) is 0. The molecule has 1 atom stereocenters. The Bertz CT molecular complexity index is 389. The maximum atomic E-state index is 5.79. The summed E-state index contributed by atoms with van der Waals surface area (Å²) in [5, 5.41) is 0. The average Bonchev–Trinajstić information content (AvgIpc) is 2.64. The topological polar surface area (TPSA) is 32.5 Å². The predicted molar refractivity (Wildman–Crippen MR) is 74.5 cm³/mol. The lowest BCUT2D eigenvalue weighted by Crippen LogP contribution is -2.36. The molecule has 0 spiro atoms. The molecule has 17 heavy (non-hydrogen) atoms. The van der Waals surface area contributed by atoms with E-state index >= 15 is 0 Å². The normalized spacial score (nSPS) is 20.8. The molecular weight excluding hydrogens is 210 g/mol. The van der Waals surface area contributed by atoms with Gasteiger partial charge in [0.05, 0.1) is 0 Å². The molecule has 1 unspecified atom stereocenters. The first-order valence-corrected chi connectivity index (χ1v) is 6.35. The highest BCUT2D eigenvalue weighted by Crippen LogP contribution is 2.23. The fraction of sp³-hybridized carbons (Fsp3) is 0.571. The van der Waals surface area contributed by atoms with Gasteiger partial charge in [-0.1, -0.05) is 0 Å². The van der Waals surface area contributed by atoms with E-state index in [-0.39, 0.29) is 0 Å². The van der Waals surface area contributed by atoms with E-state index in [0.717, 1.165) is 12.2 Å². The van der Waals surface area contributed by atoms with Gasteiger partial charge in [0.15, 0.2) is 0 Å². The molecule has 1 heterocycles. The lowest BCUT2D eigenvalue weighted by atomic mass is 10.1. The van der Waals surface area contributed by atoms with Crippen LogP contribution in [0.4, 0.5) is 11.4 Å². The third-order valence-corrected chi connectivity index (χ3v) is 3.79. The van der Waals surface area contributed by atoms with Crippen LogP contribution in [-0.2, 0) is 0 Å². The van der Waals surface area contributed by atoms with Crippen molar-refractivity contribution in [2.75, 3.05) is 37.8 Å². The van der Waals surface area contributed by atoms with Crippen molar-refractivity contribution in [3.05, 3.63) is 23.8 Å². The predicted octanol–water partition coefficient (Wildman–Crippen LogP) is 2.11. The first-order valence-electron chi connectivity index (χ1n) is 6.35. The Morgan fingerprint density at radius 3 is 2.82 bits per heavy atom. The van der Waals surface area contributed by atoms with Gasteiger partial charge >= 0.3 is 0 Å². The number of nitrogen functional groups attached to an aromatic ring is 1. The van der Waals surface area contributed by atoms with Gasteiger partial charge in [-0.15, -0.1) is 0 Å². The fourth-order valence-corrected chi connectivity index (χ4v) is 2.73. The monoisotopic (exact) mass is 233 g/mol. The summed E-state index contributed by atoms with van der Waals surface area (Å²) in [6.45, 7) is 4.46. The summed E-state index contributed by atoms with van der Waals surface area (Å²) in [6, 6.07) is 6.85. The molecule has 94 valence electrons. The van der Waals surface area contributed by atoms with Crippen LogP contribution in [0.2, 0.25) is 0 Å². The van der Waals surface area contributed by atoms with E-state index in [1.807, 2.05) is 12.1 Å². The standard InChI is InChI=1S/C14H23N3/c1-11-9-12(15)6-7-14(11)17(3)10-13-5-4-8-16(13)2/h6-7,9,13H,4-5,8,10,15H2,1-3H3. The summed E-state index contributed by atoms with van der Waals surface area (Å²) >= 11 is 0. The molecule has 0 saturated carbocycles. The number of benzene rings is 1. The van der Waals surface area contributed by atoms with E-state index in [9.17, 15) is 0 Å². The fourth-order valence-electron chi connectivity index (χ4n) is 2.73. The highest BCUT2D eigenvalue weighted by atomic mass is 15.2. The van der Waals surface area contributed by atoms with Crippen molar-refractivity contribution in [1.29, 1.82) is 0 Å². The van der Waals surface area contributed by atoms with Crippen LogP contribution in [0, 0.1) is 6.92 Å². The zero-order valence-electron chi connectivity index (χ0n) is 11.1. The summed E-state index contributed by atoms with van der Waals surface area (Å²) in [5.41, 5.74) is 9.18. The Morgan fingerprint density at radius 2 is 2.24 bits per heavy atom. The van der Waals surface area contributed by atoms with Crippen molar-refractivity contribution in [3.8, 4) is 0 Å². The number of likely N-dealkylation sites (tertiary alicyclic amines) is 1. The Kier molecular flexibility index (Phi) is 3.57. The Balaban J connectivity index is 2.06. The molecule has 0 radical (unpaired) electrons. The number of nitrogens with zero attached hydrogens (tertiary/aromatic N) is 2. The summed E-state index contributed by atoms with van der Waals surface area (Å²) in [6.07, 6.45) is 2.64. The first kappa shape index (κ1) is 12.2. The Morgan fingerprint density at radius 1 is 1.47 bits per heavy atom. The SMILES string of the molecule is Cc1cc(N)ccc1N(C)CC1CCCN1C. The summed E-state index contributed by atoms with van der Waals surface area (Å²) in [4.78, 5) is 4.81. The molecule has 0 aromatic heterocycles. The number of nitrogens with two attached hydrogens (primary N) is 1. The molecule has 1 aromatic carbocycles. The number of hydrogen-bond donors (Lipinski definition) is 1. The van der Waals surface area contributed by atoms with Gasteiger partial charge in [-0.3, -0.25) is 0 Å². The first-order chi connectivity index (χ1) is 8.08. The number of likely N-dealkylation sites (N-methyl/N-ethyl adjacent to an activating group) is 2. The van der Waals surface area contributed by atoms with Crippen molar-refractivity contribution in [3.63, 3.8) is 0 Å². The summed E-state index contributed by atoms with van der Waals surface area (Å²) < 4.78 is 0. The highest BCUT2D eigenvalue weighted by molar-refractivity contribution is 5.58. The molecule has 1 aliphatic rings. The van der Waals surface area contributed by atoms with Crippen LogP contribution in [-0.4, -0.2) is 38.1 Å². The maximum absolute atomic E-state index is 5.79. The minimum absolute atomic E-state index is 0.692. The lowest BCUT2D eigenvalue weighted by molar-refractivity contribution is 0.314. The van der Waals surface area contributed by atoms with Crippen molar-refractivity contribution in [1.82, 2.24) is 4.90 Å². The number of aryl methyl sites for hydroxylation is 1. The number of anilines is 2. The van der Waals surface area contributed by atoms with E-state index < -0.39 is 0 Å². The summed E-state index contributed by atoms with van der Waals surface area (Å²) in [7, 11) is 4.39. The molecule has 3 nitrogen and oxygen atoms in total. The molecule has 1 aliphatic heterocycles. The molecule has 1 aromatic rings. The Labute approximate surface area is 104 Å². The third-order valence-electron chi connectivity index (χ3n) is 3.79. The van der Waals surface area contributed by atoms with Crippen LogP contribution in [0.25, 0.3) is 0 Å². The average molecular weight is 233 g/mol. The van der Waals surface area contributed by atoms with Gasteiger partial charge in [-0.25, -0.2) is 0 Å². The zero-order chi connectivity index (χ0) is 12.4. The van der Waals surface area contributed by atoms with Crippen LogP contribution >= 0.6 is 0 Å². The van der Waals surface area contributed by atoms with Gasteiger partial charge < -0.3 is 15.5 Å². The van der Waals surface area contributed by atoms with E-state index in [1.165, 1.54) is 30.6 Å².